The maximum Gasteiger partial charge on any atom is 0.268 e. The van der Waals surface area contributed by atoms with Gasteiger partial charge in [-0.1, -0.05) is 6.07 Å². The first-order valence-electron chi connectivity index (χ1n) is 5.59. The molecule has 0 aliphatic heterocycles. The van der Waals surface area contributed by atoms with Gasteiger partial charge in [-0.05, 0) is 35.0 Å². The van der Waals surface area contributed by atoms with E-state index in [1.807, 2.05) is 0 Å². The second-order valence-electron chi connectivity index (χ2n) is 4.07. The Hall–Kier alpha value is -1.69. The molecule has 0 aliphatic carbocycles. The first-order valence-corrected chi connectivity index (χ1v) is 6.38. The zero-order valence-corrected chi connectivity index (χ0v) is 12.1. The van der Waals surface area contributed by atoms with Gasteiger partial charge in [0, 0.05) is 18.8 Å². The summed E-state index contributed by atoms with van der Waals surface area (Å²) in [7, 11) is 1.68. The lowest BCUT2D eigenvalue weighted by Crippen LogP contribution is -2.20. The van der Waals surface area contributed by atoms with Crippen molar-refractivity contribution in [2.45, 2.75) is 13.5 Å². The smallest absolute Gasteiger partial charge is 0.268 e. The van der Waals surface area contributed by atoms with Crippen LogP contribution in [0.3, 0.4) is 0 Å². The molecule has 0 fully saturated rings. The number of rotatable bonds is 3. The van der Waals surface area contributed by atoms with Gasteiger partial charge in [-0.25, -0.2) is 4.98 Å². The molecule has 0 saturated heterocycles. The predicted octanol–water partition coefficient (Wildman–Crippen LogP) is 2.57. The van der Waals surface area contributed by atoms with Crippen molar-refractivity contribution in [1.82, 2.24) is 9.55 Å². The van der Waals surface area contributed by atoms with E-state index >= 15 is 0 Å². The highest BCUT2D eigenvalue weighted by atomic mass is 79.9. The van der Waals surface area contributed by atoms with Crippen molar-refractivity contribution in [2.24, 2.45) is 7.05 Å². The highest BCUT2D eigenvalue weighted by Crippen LogP contribution is 2.22. The van der Waals surface area contributed by atoms with E-state index < -0.39 is 5.95 Å². The molecule has 0 amide bonds. The molecule has 2 aromatic heterocycles. The average molecular weight is 327 g/mol. The Kier molecular flexibility index (Phi) is 3.99. The number of aryl methyl sites for hydroxylation is 1. The van der Waals surface area contributed by atoms with Crippen LogP contribution in [-0.2, 0) is 13.7 Å². The number of hydrogen-bond acceptors (Lipinski definition) is 3. The van der Waals surface area contributed by atoms with Crippen molar-refractivity contribution in [3.05, 3.63) is 56.4 Å². The molecule has 2 aromatic rings. The van der Waals surface area contributed by atoms with E-state index in [9.17, 15) is 9.18 Å². The van der Waals surface area contributed by atoms with E-state index in [4.69, 9.17) is 4.74 Å². The summed E-state index contributed by atoms with van der Waals surface area (Å²) in [5.74, 6) is -0.132. The largest absolute Gasteiger partial charge is 0.486 e. The summed E-state index contributed by atoms with van der Waals surface area (Å²) in [6.07, 6.45) is 0. The Balaban J connectivity index is 2.23. The zero-order valence-electron chi connectivity index (χ0n) is 10.5. The average Bonchev–Trinajstić information content (AvgIpc) is 2.39. The van der Waals surface area contributed by atoms with Crippen molar-refractivity contribution in [3.63, 3.8) is 0 Å². The van der Waals surface area contributed by atoms with Gasteiger partial charge in [0.05, 0.1) is 5.69 Å². The highest BCUT2D eigenvalue weighted by Gasteiger charge is 2.10. The molecule has 0 bridgehead atoms. The fourth-order valence-electron chi connectivity index (χ4n) is 1.55. The lowest BCUT2D eigenvalue weighted by molar-refractivity contribution is 0.295. The molecule has 2 heterocycles. The molecule has 0 aliphatic rings. The van der Waals surface area contributed by atoms with E-state index in [1.165, 1.54) is 10.6 Å². The van der Waals surface area contributed by atoms with Crippen molar-refractivity contribution < 1.29 is 9.13 Å². The highest BCUT2D eigenvalue weighted by molar-refractivity contribution is 9.10. The third-order valence-electron chi connectivity index (χ3n) is 2.73. The van der Waals surface area contributed by atoms with E-state index in [0.717, 1.165) is 5.69 Å². The number of hydrogen-bond donors (Lipinski definition) is 0. The van der Waals surface area contributed by atoms with Crippen LogP contribution >= 0.6 is 15.9 Å². The maximum atomic E-state index is 12.9. The molecule has 0 atom stereocenters. The van der Waals surface area contributed by atoms with Crippen LogP contribution in [0, 0.1) is 12.9 Å². The van der Waals surface area contributed by atoms with Gasteiger partial charge in [-0.2, -0.15) is 4.39 Å². The number of ether oxygens (including phenoxy) is 1. The summed E-state index contributed by atoms with van der Waals surface area (Å²) in [5, 5.41) is 0. The fourth-order valence-corrected chi connectivity index (χ4v) is 2.05. The van der Waals surface area contributed by atoms with Gasteiger partial charge >= 0.3 is 0 Å². The first-order chi connectivity index (χ1) is 8.99. The van der Waals surface area contributed by atoms with Crippen molar-refractivity contribution in [3.8, 4) is 5.75 Å². The third kappa shape index (κ3) is 3.01. The number of pyridine rings is 2. The monoisotopic (exact) mass is 326 g/mol. The normalized spacial score (nSPS) is 10.5. The van der Waals surface area contributed by atoms with E-state index in [2.05, 4.69) is 20.9 Å². The van der Waals surface area contributed by atoms with E-state index in [1.54, 1.807) is 32.2 Å². The second kappa shape index (κ2) is 5.52. The molecule has 4 nitrogen and oxygen atoms in total. The predicted molar refractivity (Wildman–Crippen MR) is 72.6 cm³/mol. The van der Waals surface area contributed by atoms with Crippen LogP contribution in [0.5, 0.6) is 5.75 Å². The van der Waals surface area contributed by atoms with Crippen LogP contribution < -0.4 is 10.3 Å². The lowest BCUT2D eigenvalue weighted by Gasteiger charge is -2.11. The molecule has 0 radical (unpaired) electrons. The minimum atomic E-state index is -0.555. The lowest BCUT2D eigenvalue weighted by atomic mass is 10.3. The number of aromatic nitrogens is 2. The van der Waals surface area contributed by atoms with Gasteiger partial charge < -0.3 is 9.30 Å². The summed E-state index contributed by atoms with van der Waals surface area (Å²) in [6, 6.07) is 6.23. The van der Waals surface area contributed by atoms with Crippen LogP contribution in [-0.4, -0.2) is 9.55 Å². The van der Waals surface area contributed by atoms with Crippen LogP contribution in [0.1, 0.15) is 11.4 Å². The minimum absolute atomic E-state index is 0.100. The van der Waals surface area contributed by atoms with Crippen LogP contribution in [0.4, 0.5) is 4.39 Å². The summed E-state index contributed by atoms with van der Waals surface area (Å²) < 4.78 is 20.3. The molecular formula is C13H12BrFN2O2. The molecular weight excluding hydrogens is 315 g/mol. The topological polar surface area (TPSA) is 44.1 Å². The van der Waals surface area contributed by atoms with Crippen molar-refractivity contribution >= 4 is 15.9 Å². The van der Waals surface area contributed by atoms with Crippen LogP contribution in [0.2, 0.25) is 0 Å². The Bertz CT molecular complexity index is 670. The Morgan fingerprint density at radius 3 is 2.89 bits per heavy atom. The van der Waals surface area contributed by atoms with Gasteiger partial charge in [0.25, 0.3) is 5.56 Å². The van der Waals surface area contributed by atoms with Gasteiger partial charge in [-0.3, -0.25) is 4.79 Å². The Morgan fingerprint density at radius 2 is 2.21 bits per heavy atom. The second-order valence-corrected chi connectivity index (χ2v) is 4.86. The number of halogens is 2. The molecule has 0 unspecified atom stereocenters. The molecule has 0 saturated carbocycles. The van der Waals surface area contributed by atoms with Crippen molar-refractivity contribution in [1.29, 1.82) is 0 Å². The maximum absolute atomic E-state index is 12.9. The fraction of sp³-hybridized carbons (Fsp3) is 0.231. The Labute approximate surface area is 118 Å². The summed E-state index contributed by atoms with van der Waals surface area (Å²) >= 11 is 3.20. The van der Waals surface area contributed by atoms with E-state index in [-0.39, 0.29) is 12.2 Å². The summed E-state index contributed by atoms with van der Waals surface area (Å²) in [6.45, 7) is 1.91. The molecule has 6 heteroatoms. The molecule has 0 spiro atoms. The van der Waals surface area contributed by atoms with Crippen LogP contribution in [0.25, 0.3) is 0 Å². The molecule has 0 N–H and O–H groups in total. The molecule has 19 heavy (non-hydrogen) atoms. The van der Waals surface area contributed by atoms with Gasteiger partial charge in [-0.15, -0.1) is 0 Å². The molecule has 0 aromatic carbocycles. The minimum Gasteiger partial charge on any atom is -0.486 e. The van der Waals surface area contributed by atoms with E-state index in [0.29, 0.717) is 15.9 Å². The van der Waals surface area contributed by atoms with Crippen LogP contribution in [0.15, 0.2) is 33.5 Å². The standard InChI is InChI=1S/C13H12BrFN2O2/c1-8-6-10(12(14)13(18)17(8)2)19-7-9-4-3-5-11(15)16-9/h3-6H,7H2,1-2H3. The zero-order chi connectivity index (χ0) is 14.0. The first kappa shape index (κ1) is 13.7. The quantitative estimate of drug-likeness (QED) is 0.814. The third-order valence-corrected chi connectivity index (χ3v) is 3.46. The van der Waals surface area contributed by atoms with Crippen molar-refractivity contribution in [2.75, 3.05) is 0 Å². The molecule has 100 valence electrons. The van der Waals surface area contributed by atoms with Gasteiger partial charge in [0.2, 0.25) is 5.95 Å². The SMILES string of the molecule is Cc1cc(OCc2cccc(F)n2)c(Br)c(=O)n1C. The summed E-state index contributed by atoms with van der Waals surface area (Å²) in [4.78, 5) is 15.5. The summed E-state index contributed by atoms with van der Waals surface area (Å²) in [5.41, 5.74) is 1.06. The molecule has 2 rings (SSSR count). The van der Waals surface area contributed by atoms with Gasteiger partial charge in [0.1, 0.15) is 16.8 Å². The number of nitrogens with zero attached hydrogens (tertiary/aromatic N) is 2. The van der Waals surface area contributed by atoms with Gasteiger partial charge in [0.15, 0.2) is 0 Å². The Morgan fingerprint density at radius 1 is 1.47 bits per heavy atom.